The number of esters is 3. The Morgan fingerprint density at radius 3 is 2.15 bits per heavy atom. The summed E-state index contributed by atoms with van der Waals surface area (Å²) in [6.07, 6.45) is 4.06. The van der Waals surface area contributed by atoms with Gasteiger partial charge in [0, 0.05) is 37.1 Å². The monoisotopic (exact) mass is 573 g/mol. The number of thioether (sulfide) groups is 1. The molecule has 2 saturated heterocycles. The second-order valence-electron chi connectivity index (χ2n) is 11.4. The van der Waals surface area contributed by atoms with E-state index in [4.69, 9.17) is 18.9 Å². The van der Waals surface area contributed by atoms with Crippen molar-refractivity contribution in [2.24, 2.45) is 0 Å². The summed E-state index contributed by atoms with van der Waals surface area (Å²) in [7, 11) is 2.71. The molecule has 2 N–H and O–H groups in total. The highest BCUT2D eigenvalue weighted by atomic mass is 32.2. The molecule has 0 saturated carbocycles. The van der Waals surface area contributed by atoms with Crippen LogP contribution in [-0.2, 0) is 33.3 Å². The molecular weight excluding hydrogens is 526 g/mol. The molecule has 11 nitrogen and oxygen atoms in total. The third-order valence-corrected chi connectivity index (χ3v) is 8.52. The van der Waals surface area contributed by atoms with E-state index in [2.05, 4.69) is 10.6 Å². The van der Waals surface area contributed by atoms with Gasteiger partial charge in [-0.3, -0.25) is 14.4 Å². The molecule has 224 valence electrons. The zero-order chi connectivity index (χ0) is 29.1. The quantitative estimate of drug-likeness (QED) is 0.109. The van der Waals surface area contributed by atoms with Crippen molar-refractivity contribution in [3.8, 4) is 0 Å². The van der Waals surface area contributed by atoms with Gasteiger partial charge in [0.05, 0.1) is 51.4 Å². The number of carbonyl (C=O) groups excluding carboxylic acids is 4. The molecule has 3 atom stereocenters. The number of nitrogens with zero attached hydrogens (tertiary/aromatic N) is 1. The summed E-state index contributed by atoms with van der Waals surface area (Å²) in [5, 5.41) is 6.33. The summed E-state index contributed by atoms with van der Waals surface area (Å²) in [5.74, 6) is 0.0799. The molecule has 0 radical (unpaired) electrons. The number of hydrogen-bond donors (Lipinski definition) is 2. The Hall–Kier alpha value is -2.05. The van der Waals surface area contributed by atoms with Crippen molar-refractivity contribution in [2.75, 3.05) is 46.2 Å². The molecular formula is C27H47N3O8S. The first-order valence-electron chi connectivity index (χ1n) is 13.7. The number of carbonyl (C=O) groups is 4. The lowest BCUT2D eigenvalue weighted by Gasteiger charge is -2.33. The van der Waals surface area contributed by atoms with Crippen LogP contribution in [0.15, 0.2) is 0 Å². The molecule has 0 aromatic rings. The van der Waals surface area contributed by atoms with Crippen molar-refractivity contribution >= 4 is 35.7 Å². The second-order valence-corrected chi connectivity index (χ2v) is 12.7. The molecule has 2 amide bonds. The fourth-order valence-corrected chi connectivity index (χ4v) is 6.10. The van der Waals surface area contributed by atoms with E-state index in [9.17, 15) is 19.2 Å². The molecule has 0 aromatic carbocycles. The van der Waals surface area contributed by atoms with Gasteiger partial charge in [-0.25, -0.2) is 4.79 Å². The average Bonchev–Trinajstić information content (AvgIpc) is 3.43. The molecule has 2 heterocycles. The van der Waals surface area contributed by atoms with Gasteiger partial charge in [-0.2, -0.15) is 11.8 Å². The van der Waals surface area contributed by atoms with Crippen LogP contribution in [0, 0.1) is 0 Å². The first-order chi connectivity index (χ1) is 18.3. The fourth-order valence-electron chi connectivity index (χ4n) is 4.55. The summed E-state index contributed by atoms with van der Waals surface area (Å²) in [6, 6.07) is 0.313. The molecule has 2 aliphatic heterocycles. The summed E-state index contributed by atoms with van der Waals surface area (Å²) >= 11 is 1.88. The van der Waals surface area contributed by atoms with Gasteiger partial charge in [0.25, 0.3) is 0 Å². The smallest absolute Gasteiger partial charge is 0.315 e. The Morgan fingerprint density at radius 2 is 1.54 bits per heavy atom. The third-order valence-electron chi connectivity index (χ3n) is 7.01. The second kappa shape index (κ2) is 15.7. The normalized spacial score (nSPS) is 20.8. The lowest BCUT2D eigenvalue weighted by Crippen LogP contribution is -2.40. The van der Waals surface area contributed by atoms with Crippen molar-refractivity contribution in [1.82, 2.24) is 15.5 Å². The first-order valence-corrected chi connectivity index (χ1v) is 14.8. The minimum atomic E-state index is -0.780. The number of amides is 2. The number of nitrogens with one attached hydrogen (secondary N) is 2. The summed E-state index contributed by atoms with van der Waals surface area (Å²) in [5.41, 5.74) is -1.29. The highest BCUT2D eigenvalue weighted by Crippen LogP contribution is 2.33. The molecule has 0 aromatic heterocycles. The minimum absolute atomic E-state index is 0.0824. The minimum Gasteiger partial charge on any atom is -0.469 e. The van der Waals surface area contributed by atoms with Crippen molar-refractivity contribution in [3.05, 3.63) is 0 Å². The molecule has 0 aliphatic carbocycles. The summed E-state index contributed by atoms with van der Waals surface area (Å²) in [6.45, 7) is 9.40. The van der Waals surface area contributed by atoms with Gasteiger partial charge in [0.2, 0.25) is 0 Å². The number of urea groups is 1. The zero-order valence-electron chi connectivity index (χ0n) is 24.3. The van der Waals surface area contributed by atoms with Crippen LogP contribution < -0.4 is 10.6 Å². The average molecular weight is 574 g/mol. The van der Waals surface area contributed by atoms with Gasteiger partial charge in [0.1, 0.15) is 5.60 Å². The van der Waals surface area contributed by atoms with E-state index < -0.39 is 11.2 Å². The van der Waals surface area contributed by atoms with Gasteiger partial charge in [-0.15, -0.1) is 0 Å². The van der Waals surface area contributed by atoms with Crippen molar-refractivity contribution < 1.29 is 38.1 Å². The predicted molar refractivity (Wildman–Crippen MR) is 148 cm³/mol. The van der Waals surface area contributed by atoms with Crippen molar-refractivity contribution in [1.29, 1.82) is 0 Å². The number of rotatable bonds is 18. The van der Waals surface area contributed by atoms with E-state index in [-0.39, 0.29) is 55.5 Å². The van der Waals surface area contributed by atoms with Gasteiger partial charge < -0.3 is 34.5 Å². The van der Waals surface area contributed by atoms with Crippen LogP contribution in [0.1, 0.15) is 72.6 Å². The van der Waals surface area contributed by atoms with Gasteiger partial charge in [-0.1, -0.05) is 6.42 Å². The van der Waals surface area contributed by atoms with E-state index in [1.54, 1.807) is 0 Å². The van der Waals surface area contributed by atoms with E-state index >= 15 is 0 Å². The molecule has 12 heteroatoms. The largest absolute Gasteiger partial charge is 0.469 e. The maximum Gasteiger partial charge on any atom is 0.315 e. The topological polar surface area (TPSA) is 132 Å². The Morgan fingerprint density at radius 1 is 0.897 bits per heavy atom. The van der Waals surface area contributed by atoms with Gasteiger partial charge in [-0.05, 0) is 47.0 Å². The third kappa shape index (κ3) is 12.3. The number of fused-ring (bicyclic) bond motifs is 1. The SMILES string of the molecule is COC(=O)CCN(CCC(=O)OC)CCC(C)(C)OCC(C)(C)OC(=O)CCCCC1SCC2NC(=O)NC21. The lowest BCUT2D eigenvalue weighted by atomic mass is 10.0. The van der Waals surface area contributed by atoms with Crippen LogP contribution in [0.3, 0.4) is 0 Å². The molecule has 0 spiro atoms. The molecule has 2 fully saturated rings. The predicted octanol–water partition coefficient (Wildman–Crippen LogP) is 2.65. The van der Waals surface area contributed by atoms with Crippen LogP contribution in [0.5, 0.6) is 0 Å². The first kappa shape index (κ1) is 33.2. The highest BCUT2D eigenvalue weighted by molar-refractivity contribution is 8.00. The van der Waals surface area contributed by atoms with Crippen LogP contribution >= 0.6 is 11.8 Å². The van der Waals surface area contributed by atoms with Crippen LogP contribution in [0.4, 0.5) is 4.79 Å². The van der Waals surface area contributed by atoms with Crippen LogP contribution in [-0.4, -0.2) is 104 Å². The Kier molecular flexibility index (Phi) is 13.3. The van der Waals surface area contributed by atoms with Gasteiger partial charge in [0.15, 0.2) is 0 Å². The molecule has 3 unspecified atom stereocenters. The molecule has 2 rings (SSSR count). The maximum atomic E-state index is 12.5. The number of ether oxygens (including phenoxy) is 4. The Labute approximate surface area is 236 Å². The number of hydrogen-bond acceptors (Lipinski definition) is 10. The van der Waals surface area contributed by atoms with E-state index in [0.29, 0.717) is 37.7 Å². The van der Waals surface area contributed by atoms with Crippen molar-refractivity contribution in [3.63, 3.8) is 0 Å². The van der Waals surface area contributed by atoms with Crippen molar-refractivity contribution in [2.45, 2.75) is 101 Å². The molecule has 0 bridgehead atoms. The molecule has 39 heavy (non-hydrogen) atoms. The highest BCUT2D eigenvalue weighted by Gasteiger charge is 2.42. The van der Waals surface area contributed by atoms with E-state index in [1.807, 2.05) is 44.4 Å². The number of methoxy groups -OCH3 is 2. The lowest BCUT2D eigenvalue weighted by molar-refractivity contribution is -0.169. The Balaban J connectivity index is 1.69. The number of unbranched alkanes of at least 4 members (excludes halogenated alkanes) is 1. The summed E-state index contributed by atoms with van der Waals surface area (Å²) < 4.78 is 21.3. The van der Waals surface area contributed by atoms with E-state index in [1.165, 1.54) is 14.2 Å². The Bertz CT molecular complexity index is 818. The van der Waals surface area contributed by atoms with E-state index in [0.717, 1.165) is 25.0 Å². The maximum absolute atomic E-state index is 12.5. The molecule has 2 aliphatic rings. The summed E-state index contributed by atoms with van der Waals surface area (Å²) in [4.78, 5) is 49.2. The zero-order valence-corrected chi connectivity index (χ0v) is 25.2. The fraction of sp³-hybridized carbons (Fsp3) is 0.852. The van der Waals surface area contributed by atoms with Crippen LogP contribution in [0.2, 0.25) is 0 Å². The standard InChI is InChI=1S/C27H47N3O8S/c1-26(2,13-16-30(14-11-21(31)35-5)15-12-22(32)36-6)37-18-27(3,4)38-23(33)10-8-7-9-20-24-19(17-39-20)28-25(34)29-24/h19-20,24H,7-18H2,1-6H3,(H2,28,29,34). The van der Waals surface area contributed by atoms with Gasteiger partial charge >= 0.3 is 23.9 Å². The van der Waals surface area contributed by atoms with Crippen LogP contribution in [0.25, 0.3) is 0 Å².